The molecule has 0 bridgehead atoms. The molecule has 2 aliphatic heterocycles. The summed E-state index contributed by atoms with van der Waals surface area (Å²) < 4.78 is 31.7. The number of sulfonamides is 1. The summed E-state index contributed by atoms with van der Waals surface area (Å²) in [5.74, 6) is -0.187. The van der Waals surface area contributed by atoms with E-state index in [1.165, 1.54) is 0 Å². The zero-order chi connectivity index (χ0) is 15.1. The molecule has 0 saturated carbocycles. The van der Waals surface area contributed by atoms with Crippen molar-refractivity contribution in [2.45, 2.75) is 31.8 Å². The topological polar surface area (TPSA) is 96.5 Å². The summed E-state index contributed by atoms with van der Waals surface area (Å²) in [5.41, 5.74) is 0. The van der Waals surface area contributed by atoms with Crippen molar-refractivity contribution in [2.75, 3.05) is 38.5 Å². The highest BCUT2D eigenvalue weighted by Gasteiger charge is 2.23. The van der Waals surface area contributed by atoms with Gasteiger partial charge in [0.15, 0.2) is 0 Å². The van der Waals surface area contributed by atoms with Gasteiger partial charge in [-0.15, -0.1) is 12.4 Å². The van der Waals surface area contributed by atoms with E-state index in [2.05, 4.69) is 15.4 Å². The molecule has 22 heavy (non-hydrogen) atoms. The maximum absolute atomic E-state index is 11.8. The number of rotatable bonds is 7. The van der Waals surface area contributed by atoms with Gasteiger partial charge in [0.05, 0.1) is 17.8 Å². The van der Waals surface area contributed by atoms with Gasteiger partial charge in [0.2, 0.25) is 15.9 Å². The molecule has 2 aliphatic rings. The first kappa shape index (κ1) is 19.6. The molecule has 7 nitrogen and oxygen atoms in total. The first-order valence-electron chi connectivity index (χ1n) is 7.64. The zero-order valence-corrected chi connectivity index (χ0v) is 14.3. The lowest BCUT2D eigenvalue weighted by molar-refractivity contribution is -0.124. The molecule has 0 spiro atoms. The Labute approximate surface area is 138 Å². The van der Waals surface area contributed by atoms with E-state index in [9.17, 15) is 13.2 Å². The van der Waals surface area contributed by atoms with Gasteiger partial charge in [-0.05, 0) is 32.2 Å². The zero-order valence-electron chi connectivity index (χ0n) is 12.7. The highest BCUT2D eigenvalue weighted by Crippen LogP contribution is 2.11. The van der Waals surface area contributed by atoms with Crippen LogP contribution in [0.25, 0.3) is 0 Å². The molecule has 2 fully saturated rings. The molecule has 2 unspecified atom stereocenters. The molecule has 2 heterocycles. The van der Waals surface area contributed by atoms with Gasteiger partial charge in [-0.2, -0.15) is 0 Å². The Kier molecular flexibility index (Phi) is 8.63. The molecule has 3 N–H and O–H groups in total. The second-order valence-electron chi connectivity index (χ2n) is 5.64. The summed E-state index contributed by atoms with van der Waals surface area (Å²) in [6, 6.07) is 0. The summed E-state index contributed by atoms with van der Waals surface area (Å²) in [5, 5.41) is 5.80. The maximum atomic E-state index is 11.8. The van der Waals surface area contributed by atoms with E-state index >= 15 is 0 Å². The van der Waals surface area contributed by atoms with Crippen molar-refractivity contribution in [3.63, 3.8) is 0 Å². The number of nitrogens with one attached hydrogen (secondary N) is 3. The van der Waals surface area contributed by atoms with Crippen molar-refractivity contribution in [3.05, 3.63) is 0 Å². The fourth-order valence-corrected chi connectivity index (χ4v) is 3.55. The monoisotopic (exact) mass is 355 g/mol. The van der Waals surface area contributed by atoms with Gasteiger partial charge in [0.25, 0.3) is 0 Å². The van der Waals surface area contributed by atoms with Gasteiger partial charge < -0.3 is 15.4 Å². The fraction of sp³-hybridized carbons (Fsp3) is 0.923. The summed E-state index contributed by atoms with van der Waals surface area (Å²) in [4.78, 5) is 11.8. The van der Waals surface area contributed by atoms with Crippen LogP contribution in [0.15, 0.2) is 0 Å². The predicted octanol–water partition coefficient (Wildman–Crippen LogP) is -0.378. The van der Waals surface area contributed by atoms with Crippen molar-refractivity contribution in [3.8, 4) is 0 Å². The first-order chi connectivity index (χ1) is 10.1. The molecule has 2 atom stereocenters. The molecule has 0 aromatic heterocycles. The number of ether oxygens (including phenoxy) is 1. The van der Waals surface area contributed by atoms with Crippen molar-refractivity contribution in [2.24, 2.45) is 5.92 Å². The second kappa shape index (κ2) is 9.67. The van der Waals surface area contributed by atoms with Crippen LogP contribution in [0.5, 0.6) is 0 Å². The van der Waals surface area contributed by atoms with Gasteiger partial charge in [0.1, 0.15) is 0 Å². The van der Waals surface area contributed by atoms with E-state index in [4.69, 9.17) is 4.74 Å². The number of hydrogen-bond donors (Lipinski definition) is 3. The van der Waals surface area contributed by atoms with Gasteiger partial charge in [0, 0.05) is 26.2 Å². The Hall–Kier alpha value is -0.410. The minimum atomic E-state index is -3.36. The second-order valence-corrected chi connectivity index (χ2v) is 7.56. The normalized spacial score (nSPS) is 25.5. The SMILES string of the molecule is Cl.O=C(NCCS(=O)(=O)NCC1CCCCO1)C1CCNC1. The highest BCUT2D eigenvalue weighted by atomic mass is 35.5. The summed E-state index contributed by atoms with van der Waals surface area (Å²) in [7, 11) is -3.36. The highest BCUT2D eigenvalue weighted by molar-refractivity contribution is 7.89. The van der Waals surface area contributed by atoms with Crippen molar-refractivity contribution in [1.29, 1.82) is 0 Å². The number of hydrogen-bond acceptors (Lipinski definition) is 5. The molecule has 0 aromatic rings. The quantitative estimate of drug-likeness (QED) is 0.578. The van der Waals surface area contributed by atoms with E-state index in [1.54, 1.807) is 0 Å². The molecule has 2 saturated heterocycles. The summed E-state index contributed by atoms with van der Waals surface area (Å²) in [6.45, 7) is 2.70. The third-order valence-electron chi connectivity index (χ3n) is 3.91. The molecule has 0 radical (unpaired) electrons. The fourth-order valence-electron chi connectivity index (χ4n) is 2.59. The summed E-state index contributed by atoms with van der Waals surface area (Å²) in [6.07, 6.45) is 3.82. The molecule has 0 aliphatic carbocycles. The smallest absolute Gasteiger partial charge is 0.224 e. The van der Waals surface area contributed by atoms with Crippen LogP contribution in [-0.4, -0.2) is 59.0 Å². The maximum Gasteiger partial charge on any atom is 0.224 e. The molecule has 1 amide bonds. The van der Waals surface area contributed by atoms with Crippen LogP contribution in [0.4, 0.5) is 0 Å². The largest absolute Gasteiger partial charge is 0.377 e. The lowest BCUT2D eigenvalue weighted by Crippen LogP contribution is -2.40. The number of carbonyl (C=O) groups excluding carboxylic acids is 1. The van der Waals surface area contributed by atoms with Gasteiger partial charge in [-0.3, -0.25) is 4.79 Å². The van der Waals surface area contributed by atoms with Crippen LogP contribution in [-0.2, 0) is 19.6 Å². The van der Waals surface area contributed by atoms with Crippen LogP contribution in [0.3, 0.4) is 0 Å². The number of carbonyl (C=O) groups is 1. The Morgan fingerprint density at radius 2 is 2.09 bits per heavy atom. The van der Waals surface area contributed by atoms with E-state index in [-0.39, 0.29) is 42.6 Å². The first-order valence-corrected chi connectivity index (χ1v) is 9.29. The Bertz CT molecular complexity index is 435. The van der Waals surface area contributed by atoms with Gasteiger partial charge in [-0.1, -0.05) is 0 Å². The third-order valence-corrected chi connectivity index (χ3v) is 5.25. The molecule has 9 heteroatoms. The minimum absolute atomic E-state index is 0. The molecule has 0 aromatic carbocycles. The van der Waals surface area contributed by atoms with Gasteiger partial charge in [-0.25, -0.2) is 13.1 Å². The Balaban J connectivity index is 0.00000242. The standard InChI is InChI=1S/C13H25N3O4S.ClH/c17-13(11-4-5-14-9-11)15-6-8-21(18,19)16-10-12-3-1-2-7-20-12;/h11-12,14,16H,1-10H2,(H,15,17);1H. The average Bonchev–Trinajstić information content (AvgIpc) is 3.00. The van der Waals surface area contributed by atoms with E-state index < -0.39 is 10.0 Å². The Morgan fingerprint density at radius 3 is 2.73 bits per heavy atom. The average molecular weight is 356 g/mol. The van der Waals surface area contributed by atoms with Crippen LogP contribution >= 0.6 is 12.4 Å². The van der Waals surface area contributed by atoms with Crippen LogP contribution in [0.2, 0.25) is 0 Å². The van der Waals surface area contributed by atoms with Crippen LogP contribution in [0, 0.1) is 5.92 Å². The minimum Gasteiger partial charge on any atom is -0.377 e. The van der Waals surface area contributed by atoms with Crippen molar-refractivity contribution >= 4 is 28.3 Å². The van der Waals surface area contributed by atoms with Crippen molar-refractivity contribution in [1.82, 2.24) is 15.4 Å². The van der Waals surface area contributed by atoms with E-state index in [0.29, 0.717) is 19.7 Å². The predicted molar refractivity (Wildman–Crippen MR) is 86.6 cm³/mol. The lowest BCUT2D eigenvalue weighted by atomic mass is 10.1. The van der Waals surface area contributed by atoms with E-state index in [1.807, 2.05) is 0 Å². The number of halogens is 1. The van der Waals surface area contributed by atoms with Crippen LogP contribution in [0.1, 0.15) is 25.7 Å². The molecule has 2 rings (SSSR count). The summed E-state index contributed by atoms with van der Waals surface area (Å²) >= 11 is 0. The Morgan fingerprint density at radius 1 is 1.27 bits per heavy atom. The van der Waals surface area contributed by atoms with Crippen molar-refractivity contribution < 1.29 is 17.9 Å². The van der Waals surface area contributed by atoms with Crippen LogP contribution < -0.4 is 15.4 Å². The van der Waals surface area contributed by atoms with Gasteiger partial charge >= 0.3 is 0 Å². The molecular formula is C13H26ClN3O4S. The number of amides is 1. The lowest BCUT2D eigenvalue weighted by Gasteiger charge is -2.22. The van der Waals surface area contributed by atoms with E-state index in [0.717, 1.165) is 32.2 Å². The molecule has 130 valence electrons. The third kappa shape index (κ3) is 6.78. The molecular weight excluding hydrogens is 330 g/mol.